The lowest BCUT2D eigenvalue weighted by atomic mass is 9.98. The summed E-state index contributed by atoms with van der Waals surface area (Å²) in [5.74, 6) is 0.978. The van der Waals surface area contributed by atoms with Crippen LogP contribution in [-0.2, 0) is 0 Å². The molecule has 0 aliphatic carbocycles. The molecule has 1 amide bonds. The highest BCUT2D eigenvalue weighted by Crippen LogP contribution is 2.29. The number of hydrogen-bond donors (Lipinski definition) is 1. The molecule has 0 saturated heterocycles. The molecule has 0 unspecified atom stereocenters. The van der Waals surface area contributed by atoms with E-state index in [0.717, 1.165) is 22.4 Å². The van der Waals surface area contributed by atoms with Crippen molar-refractivity contribution >= 4 is 23.2 Å². The Morgan fingerprint density at radius 2 is 1.76 bits per heavy atom. The number of halogens is 1. The number of nitrogens with one attached hydrogen (secondary N) is 1. The zero-order chi connectivity index (χ0) is 18.0. The summed E-state index contributed by atoms with van der Waals surface area (Å²) in [6.07, 6.45) is 0. The summed E-state index contributed by atoms with van der Waals surface area (Å²) in [5, 5.41) is 3.66. The second-order valence-corrected chi connectivity index (χ2v) is 6.76. The van der Waals surface area contributed by atoms with Crippen molar-refractivity contribution in [3.05, 3.63) is 76.5 Å². The highest BCUT2D eigenvalue weighted by molar-refractivity contribution is 6.30. The van der Waals surface area contributed by atoms with Crippen LogP contribution < -0.4 is 5.32 Å². The standard InChI is InChI=1S/C21H20ClNO2/c1-13(2)17-6-4-5-14(3)20(17)23-21(24)19-12-11-18(25-19)15-7-9-16(22)10-8-15/h4-13H,1-3H3,(H,23,24). The number of carbonyl (C=O) groups is 1. The van der Waals surface area contributed by atoms with E-state index in [4.69, 9.17) is 16.0 Å². The lowest BCUT2D eigenvalue weighted by Crippen LogP contribution is -2.14. The summed E-state index contributed by atoms with van der Waals surface area (Å²) in [4.78, 5) is 12.6. The summed E-state index contributed by atoms with van der Waals surface area (Å²) in [5.41, 5.74) is 3.87. The first kappa shape index (κ1) is 17.3. The number of furan rings is 1. The van der Waals surface area contributed by atoms with Crippen molar-refractivity contribution in [1.29, 1.82) is 0 Å². The summed E-state index contributed by atoms with van der Waals surface area (Å²) in [7, 11) is 0. The van der Waals surface area contributed by atoms with E-state index in [1.165, 1.54) is 0 Å². The Hall–Kier alpha value is -2.52. The zero-order valence-corrected chi connectivity index (χ0v) is 15.2. The molecule has 0 bridgehead atoms. The van der Waals surface area contributed by atoms with E-state index in [-0.39, 0.29) is 11.7 Å². The molecule has 0 aliphatic heterocycles. The summed E-state index contributed by atoms with van der Waals surface area (Å²) in [6.45, 7) is 6.20. The van der Waals surface area contributed by atoms with Crippen molar-refractivity contribution in [2.75, 3.05) is 5.32 Å². The molecule has 0 saturated carbocycles. The minimum atomic E-state index is -0.253. The molecule has 3 nitrogen and oxygen atoms in total. The van der Waals surface area contributed by atoms with Crippen LogP contribution in [0.4, 0.5) is 5.69 Å². The van der Waals surface area contributed by atoms with E-state index in [2.05, 4.69) is 19.2 Å². The molecule has 4 heteroatoms. The van der Waals surface area contributed by atoms with Crippen LogP contribution in [0.3, 0.4) is 0 Å². The molecule has 0 radical (unpaired) electrons. The van der Waals surface area contributed by atoms with Gasteiger partial charge in [0.1, 0.15) is 5.76 Å². The normalized spacial score (nSPS) is 10.9. The second-order valence-electron chi connectivity index (χ2n) is 6.32. The van der Waals surface area contributed by atoms with Crippen LogP contribution >= 0.6 is 11.6 Å². The Kier molecular flexibility index (Phi) is 4.95. The molecule has 25 heavy (non-hydrogen) atoms. The van der Waals surface area contributed by atoms with Gasteiger partial charge in [-0.05, 0) is 60.4 Å². The smallest absolute Gasteiger partial charge is 0.291 e. The van der Waals surface area contributed by atoms with Crippen molar-refractivity contribution in [3.8, 4) is 11.3 Å². The predicted octanol–water partition coefficient (Wildman–Crippen LogP) is 6.28. The average Bonchev–Trinajstić information content (AvgIpc) is 3.07. The number of rotatable bonds is 4. The Bertz CT molecular complexity index is 895. The fraction of sp³-hybridized carbons (Fsp3) is 0.190. The van der Waals surface area contributed by atoms with E-state index in [9.17, 15) is 4.79 Å². The molecule has 2 aromatic carbocycles. The van der Waals surface area contributed by atoms with Crippen molar-refractivity contribution in [2.24, 2.45) is 0 Å². The highest BCUT2D eigenvalue weighted by Gasteiger charge is 2.16. The number of para-hydroxylation sites is 1. The van der Waals surface area contributed by atoms with E-state index in [1.807, 2.05) is 37.3 Å². The van der Waals surface area contributed by atoms with Crippen LogP contribution in [0.1, 0.15) is 41.4 Å². The first-order valence-electron chi connectivity index (χ1n) is 8.22. The first-order chi connectivity index (χ1) is 12.0. The molecular formula is C21H20ClNO2. The molecule has 128 valence electrons. The molecule has 0 atom stereocenters. The Morgan fingerprint density at radius 1 is 1.04 bits per heavy atom. The SMILES string of the molecule is Cc1cccc(C(C)C)c1NC(=O)c1ccc(-c2ccc(Cl)cc2)o1. The van der Waals surface area contributed by atoms with Crippen molar-refractivity contribution in [1.82, 2.24) is 0 Å². The molecule has 0 fully saturated rings. The second kappa shape index (κ2) is 7.16. The molecule has 1 N–H and O–H groups in total. The van der Waals surface area contributed by atoms with Gasteiger partial charge in [-0.3, -0.25) is 4.79 Å². The minimum absolute atomic E-state index is 0.253. The molecule has 0 spiro atoms. The van der Waals surface area contributed by atoms with E-state index in [1.54, 1.807) is 24.3 Å². The maximum atomic E-state index is 12.6. The molecule has 3 aromatic rings. The topological polar surface area (TPSA) is 42.2 Å². The van der Waals surface area contributed by atoms with Crippen LogP contribution in [0.25, 0.3) is 11.3 Å². The van der Waals surface area contributed by atoms with Gasteiger partial charge in [-0.25, -0.2) is 0 Å². The Labute approximate surface area is 152 Å². The number of aryl methyl sites for hydroxylation is 1. The highest BCUT2D eigenvalue weighted by atomic mass is 35.5. The van der Waals surface area contributed by atoms with Gasteiger partial charge in [0.2, 0.25) is 0 Å². The van der Waals surface area contributed by atoms with E-state index in [0.29, 0.717) is 16.7 Å². The molecule has 1 aromatic heterocycles. The molecular weight excluding hydrogens is 334 g/mol. The average molecular weight is 354 g/mol. The van der Waals surface area contributed by atoms with Crippen LogP contribution in [0.2, 0.25) is 5.02 Å². The number of carbonyl (C=O) groups excluding carboxylic acids is 1. The largest absolute Gasteiger partial charge is 0.451 e. The number of hydrogen-bond acceptors (Lipinski definition) is 2. The van der Waals surface area contributed by atoms with Crippen LogP contribution in [0, 0.1) is 6.92 Å². The third kappa shape index (κ3) is 3.77. The van der Waals surface area contributed by atoms with Crippen molar-refractivity contribution in [3.63, 3.8) is 0 Å². The third-order valence-corrected chi connectivity index (χ3v) is 4.38. The predicted molar refractivity (Wildman–Crippen MR) is 102 cm³/mol. The van der Waals surface area contributed by atoms with Gasteiger partial charge in [-0.2, -0.15) is 0 Å². The van der Waals surface area contributed by atoms with Crippen LogP contribution in [0.5, 0.6) is 0 Å². The van der Waals surface area contributed by atoms with Gasteiger partial charge < -0.3 is 9.73 Å². The maximum Gasteiger partial charge on any atom is 0.291 e. The summed E-state index contributed by atoms with van der Waals surface area (Å²) >= 11 is 5.91. The van der Waals surface area contributed by atoms with Gasteiger partial charge in [0, 0.05) is 16.3 Å². The van der Waals surface area contributed by atoms with Crippen LogP contribution in [0.15, 0.2) is 59.0 Å². The van der Waals surface area contributed by atoms with Crippen molar-refractivity contribution in [2.45, 2.75) is 26.7 Å². The third-order valence-electron chi connectivity index (χ3n) is 4.12. The van der Waals surface area contributed by atoms with Gasteiger partial charge in [0.25, 0.3) is 5.91 Å². The first-order valence-corrected chi connectivity index (χ1v) is 8.60. The maximum absolute atomic E-state index is 12.6. The van der Waals surface area contributed by atoms with Crippen LogP contribution in [-0.4, -0.2) is 5.91 Å². The lowest BCUT2D eigenvalue weighted by molar-refractivity contribution is 0.0997. The van der Waals surface area contributed by atoms with Gasteiger partial charge in [0.15, 0.2) is 5.76 Å². The van der Waals surface area contributed by atoms with Gasteiger partial charge in [0.05, 0.1) is 0 Å². The molecule has 3 rings (SSSR count). The minimum Gasteiger partial charge on any atom is -0.451 e. The lowest BCUT2D eigenvalue weighted by Gasteiger charge is -2.15. The van der Waals surface area contributed by atoms with Gasteiger partial charge in [-0.15, -0.1) is 0 Å². The fourth-order valence-electron chi connectivity index (χ4n) is 2.75. The quantitative estimate of drug-likeness (QED) is 0.599. The monoisotopic (exact) mass is 353 g/mol. The number of amides is 1. The zero-order valence-electron chi connectivity index (χ0n) is 14.5. The number of anilines is 1. The summed E-state index contributed by atoms with van der Waals surface area (Å²) in [6, 6.07) is 16.8. The Morgan fingerprint density at radius 3 is 2.44 bits per heavy atom. The fourth-order valence-corrected chi connectivity index (χ4v) is 2.87. The van der Waals surface area contributed by atoms with Crippen molar-refractivity contribution < 1.29 is 9.21 Å². The number of benzene rings is 2. The van der Waals surface area contributed by atoms with E-state index >= 15 is 0 Å². The van der Waals surface area contributed by atoms with Gasteiger partial charge >= 0.3 is 0 Å². The van der Waals surface area contributed by atoms with E-state index < -0.39 is 0 Å². The van der Waals surface area contributed by atoms with Gasteiger partial charge in [-0.1, -0.05) is 43.6 Å². The molecule has 1 heterocycles. The summed E-state index contributed by atoms with van der Waals surface area (Å²) < 4.78 is 5.73. The Balaban J connectivity index is 1.85. The molecule has 0 aliphatic rings.